The predicted octanol–water partition coefficient (Wildman–Crippen LogP) is 4.26. The molecule has 0 unspecified atom stereocenters. The Balaban J connectivity index is 1.65. The molecule has 1 aliphatic rings. The molecule has 0 aliphatic carbocycles. The van der Waals surface area contributed by atoms with E-state index < -0.39 is 10.0 Å². The van der Waals surface area contributed by atoms with E-state index in [2.05, 4.69) is 0 Å². The molecule has 0 aromatic heterocycles. The number of hydrogen-bond acceptors (Lipinski definition) is 4. The van der Waals surface area contributed by atoms with Gasteiger partial charge in [0.2, 0.25) is 15.9 Å². The maximum atomic E-state index is 13.5. The number of rotatable bonds is 6. The number of fused-ring (bicyclic) bond motifs is 1. The van der Waals surface area contributed by atoms with Crippen LogP contribution < -0.4 is 9.64 Å². The second kappa shape index (κ2) is 9.32. The number of aryl methyl sites for hydroxylation is 1. The van der Waals surface area contributed by atoms with Crippen LogP contribution in [0.5, 0.6) is 5.75 Å². The summed E-state index contributed by atoms with van der Waals surface area (Å²) in [5.41, 5.74) is 2.51. The van der Waals surface area contributed by atoms with E-state index in [-0.39, 0.29) is 23.9 Å². The number of para-hydroxylation sites is 2. The van der Waals surface area contributed by atoms with E-state index in [1.165, 1.54) is 28.6 Å². The molecule has 1 heterocycles. The minimum absolute atomic E-state index is 0.0724. The highest BCUT2D eigenvalue weighted by atomic mass is 35.5. The van der Waals surface area contributed by atoms with E-state index >= 15 is 0 Å². The summed E-state index contributed by atoms with van der Waals surface area (Å²) in [4.78, 5) is 15.0. The van der Waals surface area contributed by atoms with Gasteiger partial charge < -0.3 is 9.64 Å². The van der Waals surface area contributed by atoms with Crippen LogP contribution in [0.4, 0.5) is 5.69 Å². The van der Waals surface area contributed by atoms with E-state index in [1.54, 1.807) is 17.0 Å². The normalized spacial score (nSPS) is 13.5. The number of carbonyl (C=O) groups is 1. The van der Waals surface area contributed by atoms with Gasteiger partial charge in [-0.3, -0.25) is 4.79 Å². The minimum atomic E-state index is -3.94. The predicted molar refractivity (Wildman–Crippen MR) is 125 cm³/mol. The minimum Gasteiger partial charge on any atom is -0.490 e. The summed E-state index contributed by atoms with van der Waals surface area (Å²) in [7, 11) is -3.94. The third-order valence-electron chi connectivity index (χ3n) is 5.27. The lowest BCUT2D eigenvalue weighted by molar-refractivity contribution is -0.119. The van der Waals surface area contributed by atoms with Crippen LogP contribution >= 0.6 is 11.6 Å². The molecule has 1 amide bonds. The van der Waals surface area contributed by atoms with Crippen LogP contribution in [-0.4, -0.2) is 38.3 Å². The molecule has 0 saturated carbocycles. The van der Waals surface area contributed by atoms with Crippen LogP contribution in [0.25, 0.3) is 0 Å². The molecule has 0 radical (unpaired) electrons. The van der Waals surface area contributed by atoms with Crippen LogP contribution in [0, 0.1) is 6.92 Å². The monoisotopic (exact) mass is 470 g/mol. The fourth-order valence-corrected chi connectivity index (χ4v) is 5.05. The first-order valence-electron chi connectivity index (χ1n) is 10.2. The van der Waals surface area contributed by atoms with Crippen LogP contribution in [0.3, 0.4) is 0 Å². The molecular weight excluding hydrogens is 448 g/mol. The van der Waals surface area contributed by atoms with Crippen molar-refractivity contribution in [3.8, 4) is 5.75 Å². The quantitative estimate of drug-likeness (QED) is 0.539. The molecule has 6 nitrogen and oxygen atoms in total. The Labute approximate surface area is 193 Å². The summed E-state index contributed by atoms with van der Waals surface area (Å²) in [5, 5.41) is 0.440. The molecule has 8 heteroatoms. The highest BCUT2D eigenvalue weighted by molar-refractivity contribution is 7.89. The van der Waals surface area contributed by atoms with Crippen molar-refractivity contribution in [3.05, 3.63) is 88.9 Å². The van der Waals surface area contributed by atoms with Gasteiger partial charge in [-0.25, -0.2) is 8.42 Å². The molecular formula is C24H23ClN2O4S. The largest absolute Gasteiger partial charge is 0.490 e. The molecule has 0 bridgehead atoms. The summed E-state index contributed by atoms with van der Waals surface area (Å²) in [6, 6.07) is 20.8. The van der Waals surface area contributed by atoms with Gasteiger partial charge in [0, 0.05) is 11.6 Å². The number of nitrogens with zero attached hydrogens (tertiary/aromatic N) is 2. The Morgan fingerprint density at radius 3 is 2.44 bits per heavy atom. The molecule has 32 heavy (non-hydrogen) atoms. The molecule has 166 valence electrons. The number of amides is 1. The summed E-state index contributed by atoms with van der Waals surface area (Å²) in [6.07, 6.45) is 0. The summed E-state index contributed by atoms with van der Waals surface area (Å²) < 4.78 is 33.8. The van der Waals surface area contributed by atoms with Gasteiger partial charge in [0.15, 0.2) is 0 Å². The first-order chi connectivity index (χ1) is 15.3. The van der Waals surface area contributed by atoms with E-state index in [9.17, 15) is 13.2 Å². The second-order valence-corrected chi connectivity index (χ2v) is 9.95. The lowest BCUT2D eigenvalue weighted by atomic mass is 10.1. The van der Waals surface area contributed by atoms with Crippen molar-refractivity contribution in [2.75, 3.05) is 24.6 Å². The number of sulfonamides is 1. The zero-order valence-electron chi connectivity index (χ0n) is 17.6. The molecule has 0 fully saturated rings. The van der Waals surface area contributed by atoms with Crippen molar-refractivity contribution in [2.45, 2.75) is 18.4 Å². The van der Waals surface area contributed by atoms with Crippen molar-refractivity contribution < 1.29 is 17.9 Å². The van der Waals surface area contributed by atoms with Crippen LogP contribution in [0.15, 0.2) is 77.7 Å². The lowest BCUT2D eigenvalue weighted by Gasteiger charge is -2.31. The number of hydrogen-bond donors (Lipinski definition) is 0. The van der Waals surface area contributed by atoms with Crippen molar-refractivity contribution in [1.29, 1.82) is 0 Å². The molecule has 0 saturated heterocycles. The third kappa shape index (κ3) is 4.80. The SMILES string of the molecule is Cc1ccc(CN(CC(=O)N2CCOc3ccccc32)S(=O)(=O)c2ccc(Cl)cc2)cc1. The number of carbonyl (C=O) groups excluding carboxylic acids is 1. The molecule has 1 aliphatic heterocycles. The Morgan fingerprint density at radius 2 is 1.72 bits per heavy atom. The number of benzene rings is 3. The number of ether oxygens (including phenoxy) is 1. The number of halogens is 1. The van der Waals surface area contributed by atoms with Gasteiger partial charge in [-0.15, -0.1) is 0 Å². The van der Waals surface area contributed by atoms with Crippen molar-refractivity contribution in [3.63, 3.8) is 0 Å². The highest BCUT2D eigenvalue weighted by Crippen LogP contribution is 2.31. The van der Waals surface area contributed by atoms with E-state index in [4.69, 9.17) is 16.3 Å². The van der Waals surface area contributed by atoms with E-state index in [0.29, 0.717) is 29.6 Å². The molecule has 0 N–H and O–H groups in total. The highest BCUT2D eigenvalue weighted by Gasteiger charge is 2.31. The molecule has 0 spiro atoms. The van der Waals surface area contributed by atoms with Crippen molar-refractivity contribution >= 4 is 33.2 Å². The van der Waals surface area contributed by atoms with E-state index in [1.807, 2.05) is 43.3 Å². The first kappa shape index (κ1) is 22.3. The molecule has 0 atom stereocenters. The van der Waals surface area contributed by atoms with Crippen molar-refractivity contribution in [2.24, 2.45) is 0 Å². The third-order valence-corrected chi connectivity index (χ3v) is 7.33. The Bertz CT molecular complexity index is 1210. The van der Waals surface area contributed by atoms with Gasteiger partial charge >= 0.3 is 0 Å². The van der Waals surface area contributed by atoms with Gasteiger partial charge in [-0.1, -0.05) is 53.6 Å². The average molecular weight is 471 g/mol. The topological polar surface area (TPSA) is 66.9 Å². The standard InChI is InChI=1S/C24H23ClN2O4S/c1-18-6-8-19(9-7-18)16-26(32(29,30)21-12-10-20(25)11-13-21)17-24(28)27-14-15-31-23-5-3-2-4-22(23)27/h2-13H,14-17H2,1H3. The van der Waals surface area contributed by atoms with Gasteiger partial charge in [0.05, 0.1) is 23.7 Å². The Morgan fingerprint density at radius 1 is 1.03 bits per heavy atom. The Hall–Kier alpha value is -2.87. The average Bonchev–Trinajstić information content (AvgIpc) is 2.80. The van der Waals surface area contributed by atoms with Gasteiger partial charge in [-0.2, -0.15) is 4.31 Å². The summed E-state index contributed by atoms with van der Waals surface area (Å²) in [6.45, 7) is 2.45. The maximum Gasteiger partial charge on any atom is 0.243 e. The molecule has 4 rings (SSSR count). The van der Waals surface area contributed by atoms with Gasteiger partial charge in [0.1, 0.15) is 12.4 Å². The van der Waals surface area contributed by atoms with Crippen molar-refractivity contribution in [1.82, 2.24) is 4.31 Å². The number of anilines is 1. The lowest BCUT2D eigenvalue weighted by Crippen LogP contribution is -2.45. The first-order valence-corrected chi connectivity index (χ1v) is 12.0. The zero-order chi connectivity index (χ0) is 22.7. The Kier molecular flexibility index (Phi) is 6.50. The smallest absolute Gasteiger partial charge is 0.243 e. The molecule has 3 aromatic carbocycles. The second-order valence-electron chi connectivity index (χ2n) is 7.57. The summed E-state index contributed by atoms with van der Waals surface area (Å²) in [5.74, 6) is 0.295. The fourth-order valence-electron chi connectivity index (χ4n) is 3.54. The molecule has 3 aromatic rings. The van der Waals surface area contributed by atoms with Crippen LogP contribution in [0.1, 0.15) is 11.1 Å². The zero-order valence-corrected chi connectivity index (χ0v) is 19.1. The van der Waals surface area contributed by atoms with Gasteiger partial charge in [-0.05, 0) is 48.9 Å². The maximum absolute atomic E-state index is 13.5. The van der Waals surface area contributed by atoms with Crippen LogP contribution in [0.2, 0.25) is 5.02 Å². The van der Waals surface area contributed by atoms with E-state index in [0.717, 1.165) is 11.1 Å². The fraction of sp³-hybridized carbons (Fsp3) is 0.208. The summed E-state index contributed by atoms with van der Waals surface area (Å²) >= 11 is 5.94. The van der Waals surface area contributed by atoms with Gasteiger partial charge in [0.25, 0.3) is 0 Å². The van der Waals surface area contributed by atoms with Crippen LogP contribution in [-0.2, 0) is 21.4 Å².